The Morgan fingerprint density at radius 3 is 2.29 bits per heavy atom. The highest BCUT2D eigenvalue weighted by molar-refractivity contribution is 5.05. The summed E-state index contributed by atoms with van der Waals surface area (Å²) in [6, 6.07) is 0. The van der Waals surface area contributed by atoms with Crippen LogP contribution >= 0.6 is 0 Å². The molecule has 0 rings (SSSR count). The maximum Gasteiger partial charge on any atom is 0.0893 e. The van der Waals surface area contributed by atoms with E-state index in [1.54, 1.807) is 0 Å². The summed E-state index contributed by atoms with van der Waals surface area (Å²) in [6.07, 6.45) is 3.88. The summed E-state index contributed by atoms with van der Waals surface area (Å²) in [6.45, 7) is 9.46. The van der Waals surface area contributed by atoms with Gasteiger partial charge in [-0.3, -0.25) is 0 Å². The second kappa shape index (κ2) is 3.79. The Morgan fingerprint density at radius 2 is 2.29 bits per heavy atom. The maximum atomic E-state index is 3.72. The van der Waals surface area contributed by atoms with E-state index in [4.69, 9.17) is 0 Å². The van der Waals surface area contributed by atoms with E-state index in [0.29, 0.717) is 0 Å². The van der Waals surface area contributed by atoms with Crippen LogP contribution in [0.25, 0.3) is 0 Å². The molecule has 0 fully saturated rings. The third kappa shape index (κ3) is 2.32. The molecule has 0 aromatic heterocycles. The summed E-state index contributed by atoms with van der Waals surface area (Å²) >= 11 is 0. The first-order valence-electron chi connectivity index (χ1n) is 2.61. The van der Waals surface area contributed by atoms with Gasteiger partial charge in [0.05, 0.1) is 12.0 Å². The number of allylic oxidation sites excluding steroid dienone is 1. The van der Waals surface area contributed by atoms with E-state index in [0.717, 1.165) is 12.8 Å². The summed E-state index contributed by atoms with van der Waals surface area (Å²) in [5.74, 6) is 1.33. The topological polar surface area (TPSA) is 0 Å². The predicted octanol–water partition coefficient (Wildman–Crippen LogP) is 2.38. The molecule has 0 aromatic carbocycles. The second-order valence-corrected chi connectivity index (χ2v) is 1.47. The Bertz CT molecular complexity index is 42.0. The van der Waals surface area contributed by atoms with E-state index in [9.17, 15) is 0 Å². The molecule has 0 aliphatic rings. The maximum absolute atomic E-state index is 3.72. The molecule has 0 spiro atoms. The van der Waals surface area contributed by atoms with Gasteiger partial charge >= 0.3 is 0 Å². The van der Waals surface area contributed by atoms with Crippen molar-refractivity contribution in [2.24, 2.45) is 0 Å². The van der Waals surface area contributed by atoms with Crippen molar-refractivity contribution in [1.29, 1.82) is 0 Å². The minimum absolute atomic E-state index is 0.903. The van der Waals surface area contributed by atoms with Gasteiger partial charge in [0.15, 0.2) is 0 Å². The molecule has 0 amide bonds. The lowest BCUT2D eigenvalue weighted by molar-refractivity contribution is 0.917. The van der Waals surface area contributed by atoms with Crippen LogP contribution in [0.2, 0.25) is 0 Å². The average Bonchev–Trinajstić information content (AvgIpc) is 1.72. The third-order valence-corrected chi connectivity index (χ3v) is 1.06. The zero-order chi connectivity index (χ0) is 5.70. The minimum Gasteiger partial charge on any atom is -0.0437 e. The quantitative estimate of drug-likeness (QED) is 0.473. The lowest BCUT2D eigenvalue weighted by Crippen LogP contribution is -1.84. The summed E-state index contributed by atoms with van der Waals surface area (Å²) in [4.78, 5) is 0. The monoisotopic (exact) mass is 96.1 g/mol. The standard InChI is InChI=1S/C7H12/c1-4-7(5-2)6-3/h4H,1-2,5-6H2,3H3/q+1. The van der Waals surface area contributed by atoms with Crippen molar-refractivity contribution in [3.63, 3.8) is 0 Å². The van der Waals surface area contributed by atoms with E-state index in [1.165, 1.54) is 5.92 Å². The second-order valence-electron chi connectivity index (χ2n) is 1.47. The molecule has 1 radical (unpaired) electrons. The highest BCUT2D eigenvalue weighted by Crippen LogP contribution is 2.08. The number of hydrogen-bond donors (Lipinski definition) is 0. The SMILES string of the molecule is [CH2]C[C+](C=C)CC. The lowest BCUT2D eigenvalue weighted by Gasteiger charge is -1.92. The van der Waals surface area contributed by atoms with Crippen LogP contribution in [-0.2, 0) is 0 Å². The molecule has 0 heteroatoms. The van der Waals surface area contributed by atoms with E-state index in [1.807, 2.05) is 6.08 Å². The molecule has 0 heterocycles. The molecule has 0 aliphatic carbocycles. The third-order valence-electron chi connectivity index (χ3n) is 1.06. The number of rotatable bonds is 3. The summed E-state index contributed by atoms with van der Waals surface area (Å²) in [5.41, 5.74) is 0. The largest absolute Gasteiger partial charge is 0.0893 e. The van der Waals surface area contributed by atoms with E-state index < -0.39 is 0 Å². The molecular weight excluding hydrogens is 84.1 g/mol. The first-order chi connectivity index (χ1) is 3.35. The van der Waals surface area contributed by atoms with Gasteiger partial charge in [-0.2, -0.15) is 0 Å². The van der Waals surface area contributed by atoms with Gasteiger partial charge < -0.3 is 0 Å². The van der Waals surface area contributed by atoms with Crippen LogP contribution in [0.4, 0.5) is 0 Å². The lowest BCUT2D eigenvalue weighted by atomic mass is 10.0. The van der Waals surface area contributed by atoms with Crippen LogP contribution in [-0.4, -0.2) is 0 Å². The van der Waals surface area contributed by atoms with Crippen molar-refractivity contribution < 1.29 is 0 Å². The molecule has 0 bridgehead atoms. The first kappa shape index (κ1) is 6.61. The van der Waals surface area contributed by atoms with E-state index in [-0.39, 0.29) is 0 Å². The molecule has 0 saturated heterocycles. The Kier molecular flexibility index (Phi) is 3.58. The molecular formula is C7H12+. The fraction of sp³-hybridized carbons (Fsp3) is 0.429. The van der Waals surface area contributed by atoms with Crippen molar-refractivity contribution in [2.45, 2.75) is 19.8 Å². The smallest absolute Gasteiger partial charge is 0.0437 e. The number of hydrogen-bond acceptors (Lipinski definition) is 0. The van der Waals surface area contributed by atoms with Crippen LogP contribution in [0, 0.1) is 12.8 Å². The van der Waals surface area contributed by atoms with Crippen LogP contribution < -0.4 is 0 Å². The van der Waals surface area contributed by atoms with Gasteiger partial charge in [-0.05, 0) is 13.8 Å². The molecule has 0 aliphatic heterocycles. The summed E-state index contributed by atoms with van der Waals surface area (Å²) in [5, 5.41) is 0. The fourth-order valence-corrected chi connectivity index (χ4v) is 0.423. The van der Waals surface area contributed by atoms with Crippen molar-refractivity contribution in [3.05, 3.63) is 25.5 Å². The highest BCUT2D eigenvalue weighted by Gasteiger charge is 2.01. The molecule has 0 atom stereocenters. The highest BCUT2D eigenvalue weighted by atomic mass is 14.0. The summed E-state index contributed by atoms with van der Waals surface area (Å²) < 4.78 is 0. The van der Waals surface area contributed by atoms with Crippen molar-refractivity contribution in [2.75, 3.05) is 0 Å². The molecule has 0 aromatic rings. The van der Waals surface area contributed by atoms with Crippen molar-refractivity contribution in [1.82, 2.24) is 0 Å². The van der Waals surface area contributed by atoms with Crippen LogP contribution in [0.15, 0.2) is 12.7 Å². The van der Waals surface area contributed by atoms with Gasteiger partial charge in [-0.15, -0.1) is 0 Å². The van der Waals surface area contributed by atoms with Gasteiger partial charge in [0.25, 0.3) is 0 Å². The zero-order valence-corrected chi connectivity index (χ0v) is 4.91. The fourth-order valence-electron chi connectivity index (χ4n) is 0.423. The Morgan fingerprint density at radius 1 is 1.71 bits per heavy atom. The molecule has 0 unspecified atom stereocenters. The Hall–Kier alpha value is -0.390. The molecule has 39 valence electrons. The van der Waals surface area contributed by atoms with Crippen LogP contribution in [0.1, 0.15) is 19.8 Å². The predicted molar refractivity (Wildman–Crippen MR) is 33.7 cm³/mol. The van der Waals surface area contributed by atoms with Crippen molar-refractivity contribution in [3.8, 4) is 0 Å². The van der Waals surface area contributed by atoms with Crippen molar-refractivity contribution >= 4 is 0 Å². The summed E-state index contributed by atoms with van der Waals surface area (Å²) in [7, 11) is 0. The van der Waals surface area contributed by atoms with Gasteiger partial charge in [-0.1, -0.05) is 0 Å². The first-order valence-corrected chi connectivity index (χ1v) is 2.61. The normalized spacial score (nSPS) is 8.29. The van der Waals surface area contributed by atoms with E-state index in [2.05, 4.69) is 20.4 Å². The van der Waals surface area contributed by atoms with Gasteiger partial charge in [-0.25, -0.2) is 0 Å². The zero-order valence-electron chi connectivity index (χ0n) is 4.91. The molecule has 0 N–H and O–H groups in total. The average molecular weight is 96.2 g/mol. The van der Waals surface area contributed by atoms with E-state index >= 15 is 0 Å². The van der Waals surface area contributed by atoms with Gasteiger partial charge in [0, 0.05) is 19.4 Å². The molecule has 7 heavy (non-hydrogen) atoms. The molecule has 0 nitrogen and oxygen atoms in total. The van der Waals surface area contributed by atoms with Gasteiger partial charge in [0.2, 0.25) is 0 Å². The molecule has 0 saturated carbocycles. The Balaban J connectivity index is 3.16. The van der Waals surface area contributed by atoms with Crippen LogP contribution in [0.3, 0.4) is 0 Å². The van der Waals surface area contributed by atoms with Gasteiger partial charge in [0.1, 0.15) is 0 Å². The minimum atomic E-state index is 0.903. The Labute approximate surface area is 46.2 Å². The van der Waals surface area contributed by atoms with Crippen LogP contribution in [0.5, 0.6) is 0 Å².